The molecule has 0 saturated heterocycles. The Morgan fingerprint density at radius 1 is 1.60 bits per heavy atom. The number of rotatable bonds is 3. The van der Waals surface area contributed by atoms with Crippen LogP contribution in [0.4, 0.5) is 4.39 Å². The average Bonchev–Trinajstić information content (AvgIpc) is 2.48. The van der Waals surface area contributed by atoms with E-state index in [1.165, 1.54) is 12.3 Å². The molecular weight excluding hydrogens is 257 g/mol. The third-order valence-corrected chi connectivity index (χ3v) is 4.09. The topological polar surface area (TPSA) is 65.8 Å². The zero-order valence-electron chi connectivity index (χ0n) is 11.5. The van der Waals surface area contributed by atoms with Crippen LogP contribution in [0.15, 0.2) is 18.3 Å². The Morgan fingerprint density at radius 3 is 2.85 bits per heavy atom. The summed E-state index contributed by atoms with van der Waals surface area (Å²) in [6.07, 6.45) is 5.54. The van der Waals surface area contributed by atoms with Crippen LogP contribution in [0.3, 0.4) is 0 Å². The minimum atomic E-state index is -0.817. The lowest BCUT2D eigenvalue weighted by molar-refractivity contribution is 0.0890. The van der Waals surface area contributed by atoms with Crippen LogP contribution in [0.1, 0.15) is 49.4 Å². The van der Waals surface area contributed by atoms with Gasteiger partial charge < -0.3 is 5.32 Å². The van der Waals surface area contributed by atoms with Gasteiger partial charge in [0.15, 0.2) is 0 Å². The van der Waals surface area contributed by atoms with Gasteiger partial charge in [-0.1, -0.05) is 13.3 Å². The SMILES string of the molecule is CCC1CCC(C#N)(NC(=O)c2ccnc(F)c2)CC1. The Morgan fingerprint density at radius 2 is 2.30 bits per heavy atom. The number of hydrogen-bond acceptors (Lipinski definition) is 3. The second-order valence-electron chi connectivity index (χ2n) is 5.37. The van der Waals surface area contributed by atoms with Crippen molar-refractivity contribution < 1.29 is 9.18 Å². The van der Waals surface area contributed by atoms with E-state index in [9.17, 15) is 14.4 Å². The summed E-state index contributed by atoms with van der Waals surface area (Å²) in [4.78, 5) is 15.5. The van der Waals surface area contributed by atoms with E-state index in [4.69, 9.17) is 0 Å². The molecule has 1 N–H and O–H groups in total. The third kappa shape index (κ3) is 3.13. The van der Waals surface area contributed by atoms with Gasteiger partial charge in [-0.2, -0.15) is 9.65 Å². The van der Waals surface area contributed by atoms with E-state index in [1.807, 2.05) is 0 Å². The zero-order chi connectivity index (χ0) is 14.6. The van der Waals surface area contributed by atoms with Crippen LogP contribution in [-0.4, -0.2) is 16.4 Å². The Bertz CT molecular complexity index is 530. The van der Waals surface area contributed by atoms with Crippen molar-refractivity contribution in [3.63, 3.8) is 0 Å². The van der Waals surface area contributed by atoms with E-state index in [0.717, 1.165) is 25.3 Å². The van der Waals surface area contributed by atoms with E-state index >= 15 is 0 Å². The van der Waals surface area contributed by atoms with Crippen molar-refractivity contribution in [2.45, 2.75) is 44.6 Å². The van der Waals surface area contributed by atoms with Crippen molar-refractivity contribution in [3.05, 3.63) is 29.8 Å². The summed E-state index contributed by atoms with van der Waals surface area (Å²) in [5.74, 6) is -0.479. The first-order chi connectivity index (χ1) is 9.58. The predicted molar refractivity (Wildman–Crippen MR) is 72.3 cm³/mol. The summed E-state index contributed by atoms with van der Waals surface area (Å²) in [5, 5.41) is 12.2. The minimum absolute atomic E-state index is 0.199. The fourth-order valence-corrected chi connectivity index (χ4v) is 2.68. The smallest absolute Gasteiger partial charge is 0.252 e. The lowest BCUT2D eigenvalue weighted by Gasteiger charge is -2.35. The highest BCUT2D eigenvalue weighted by molar-refractivity contribution is 5.94. The molecule has 0 spiro atoms. The summed E-state index contributed by atoms with van der Waals surface area (Å²) in [5.41, 5.74) is -0.618. The van der Waals surface area contributed by atoms with E-state index < -0.39 is 17.4 Å². The van der Waals surface area contributed by atoms with Crippen molar-refractivity contribution in [2.75, 3.05) is 0 Å². The van der Waals surface area contributed by atoms with Crippen molar-refractivity contribution in [2.24, 2.45) is 5.92 Å². The number of hydrogen-bond donors (Lipinski definition) is 1. The van der Waals surface area contributed by atoms with Crippen LogP contribution in [0.5, 0.6) is 0 Å². The molecule has 1 aliphatic rings. The number of nitriles is 1. The molecule has 1 aromatic rings. The van der Waals surface area contributed by atoms with Crippen LogP contribution in [-0.2, 0) is 0 Å². The van der Waals surface area contributed by atoms with Gasteiger partial charge >= 0.3 is 0 Å². The van der Waals surface area contributed by atoms with Crippen LogP contribution in [0.25, 0.3) is 0 Å². The number of carbonyl (C=O) groups is 1. The number of aromatic nitrogens is 1. The molecule has 20 heavy (non-hydrogen) atoms. The standard InChI is InChI=1S/C15H18FN3O/c1-2-11-3-6-15(10-17,7-4-11)19-14(20)12-5-8-18-13(16)9-12/h5,8-9,11H,2-4,6-7H2,1H3,(H,19,20). The molecule has 0 unspecified atom stereocenters. The molecule has 0 atom stereocenters. The first kappa shape index (κ1) is 14.4. The monoisotopic (exact) mass is 275 g/mol. The molecule has 1 aromatic heterocycles. The Hall–Kier alpha value is -1.96. The third-order valence-electron chi connectivity index (χ3n) is 4.09. The van der Waals surface area contributed by atoms with Crippen LogP contribution in [0.2, 0.25) is 0 Å². The van der Waals surface area contributed by atoms with Crippen LogP contribution >= 0.6 is 0 Å². The number of carbonyl (C=O) groups excluding carboxylic acids is 1. The molecule has 5 heteroatoms. The van der Waals surface area contributed by atoms with Gasteiger partial charge in [0.2, 0.25) is 5.95 Å². The highest BCUT2D eigenvalue weighted by atomic mass is 19.1. The lowest BCUT2D eigenvalue weighted by atomic mass is 9.76. The van der Waals surface area contributed by atoms with Crippen LogP contribution < -0.4 is 5.32 Å². The fourth-order valence-electron chi connectivity index (χ4n) is 2.68. The number of halogens is 1. The van der Waals surface area contributed by atoms with Gasteiger partial charge in [0.25, 0.3) is 5.91 Å². The van der Waals surface area contributed by atoms with E-state index in [2.05, 4.69) is 23.3 Å². The maximum Gasteiger partial charge on any atom is 0.252 e. The fraction of sp³-hybridized carbons (Fsp3) is 0.533. The number of pyridine rings is 1. The molecule has 0 aromatic carbocycles. The largest absolute Gasteiger partial charge is 0.334 e. The molecule has 1 saturated carbocycles. The summed E-state index contributed by atoms with van der Waals surface area (Å²) >= 11 is 0. The zero-order valence-corrected chi connectivity index (χ0v) is 11.5. The Kier molecular flexibility index (Phi) is 4.33. The van der Waals surface area contributed by atoms with Gasteiger partial charge in [-0.25, -0.2) is 4.98 Å². The first-order valence-electron chi connectivity index (χ1n) is 6.94. The van der Waals surface area contributed by atoms with Gasteiger partial charge in [-0.15, -0.1) is 0 Å². The van der Waals surface area contributed by atoms with Crippen LogP contribution in [0, 0.1) is 23.2 Å². The van der Waals surface area contributed by atoms with Gasteiger partial charge in [0, 0.05) is 17.8 Å². The second-order valence-corrected chi connectivity index (χ2v) is 5.37. The lowest BCUT2D eigenvalue weighted by Crippen LogP contribution is -2.49. The molecule has 4 nitrogen and oxygen atoms in total. The van der Waals surface area contributed by atoms with Crippen molar-refractivity contribution >= 4 is 5.91 Å². The predicted octanol–water partition coefficient (Wildman–Crippen LogP) is 2.81. The van der Waals surface area contributed by atoms with E-state index in [1.54, 1.807) is 0 Å². The molecule has 0 radical (unpaired) electrons. The summed E-state index contributed by atoms with van der Waals surface area (Å²) in [6, 6.07) is 4.76. The van der Waals surface area contributed by atoms with Gasteiger partial charge in [-0.3, -0.25) is 4.79 Å². The molecule has 0 aliphatic heterocycles. The quantitative estimate of drug-likeness (QED) is 0.863. The maximum atomic E-state index is 13.0. The maximum absolute atomic E-state index is 13.0. The number of nitrogens with one attached hydrogen (secondary N) is 1. The molecule has 1 amide bonds. The minimum Gasteiger partial charge on any atom is -0.334 e. The average molecular weight is 275 g/mol. The summed E-state index contributed by atoms with van der Waals surface area (Å²) < 4.78 is 13.0. The second kappa shape index (κ2) is 6.00. The summed E-state index contributed by atoms with van der Waals surface area (Å²) in [7, 11) is 0. The molecule has 0 bridgehead atoms. The molecule has 1 aliphatic carbocycles. The van der Waals surface area contributed by atoms with Gasteiger partial charge in [-0.05, 0) is 37.7 Å². The van der Waals surface area contributed by atoms with Gasteiger partial charge in [0.05, 0.1) is 6.07 Å². The molecular formula is C15H18FN3O. The molecule has 2 rings (SSSR count). The van der Waals surface area contributed by atoms with Crippen molar-refractivity contribution in [1.82, 2.24) is 10.3 Å². The number of amides is 1. The molecule has 106 valence electrons. The number of nitrogens with zero attached hydrogens (tertiary/aromatic N) is 2. The van der Waals surface area contributed by atoms with E-state index in [-0.39, 0.29) is 5.56 Å². The van der Waals surface area contributed by atoms with Gasteiger partial charge in [0.1, 0.15) is 5.54 Å². The van der Waals surface area contributed by atoms with Crippen molar-refractivity contribution in [3.8, 4) is 6.07 Å². The highest BCUT2D eigenvalue weighted by Crippen LogP contribution is 2.33. The Balaban J connectivity index is 2.07. The molecule has 1 heterocycles. The van der Waals surface area contributed by atoms with E-state index in [0.29, 0.717) is 18.8 Å². The summed E-state index contributed by atoms with van der Waals surface area (Å²) in [6.45, 7) is 2.14. The highest BCUT2D eigenvalue weighted by Gasteiger charge is 2.36. The first-order valence-corrected chi connectivity index (χ1v) is 6.94. The van der Waals surface area contributed by atoms with Crippen molar-refractivity contribution in [1.29, 1.82) is 5.26 Å². The molecule has 1 fully saturated rings. The normalized spacial score (nSPS) is 25.8. The Labute approximate surface area is 118 Å².